The summed E-state index contributed by atoms with van der Waals surface area (Å²) >= 11 is 0. The van der Waals surface area contributed by atoms with E-state index in [1.807, 2.05) is 0 Å². The maximum absolute atomic E-state index is 13.8. The van der Waals surface area contributed by atoms with Gasteiger partial charge < -0.3 is 4.74 Å². The molecule has 13 heteroatoms. The molecule has 0 heterocycles. The molecule has 0 saturated heterocycles. The van der Waals surface area contributed by atoms with Crippen LogP contribution >= 0.6 is 0 Å². The van der Waals surface area contributed by atoms with Gasteiger partial charge in [0.25, 0.3) is 0 Å². The molecule has 0 aliphatic rings. The fraction of sp³-hybridized carbons (Fsp3) is 0.769. The summed E-state index contributed by atoms with van der Waals surface area (Å²) in [5, 5.41) is 0. The zero-order valence-electron chi connectivity index (χ0n) is 13.2. The van der Waals surface area contributed by atoms with E-state index in [0.29, 0.717) is 0 Å². The van der Waals surface area contributed by atoms with E-state index < -0.39 is 54.8 Å². The monoisotopic (exact) mass is 410 g/mol. The number of carbonyl (C=O) groups is 1. The highest BCUT2D eigenvalue weighted by molar-refractivity contribution is 5.86. The molecule has 0 aromatic heterocycles. The van der Waals surface area contributed by atoms with Crippen LogP contribution in [0.3, 0.4) is 0 Å². The molecule has 0 aromatic carbocycles. The van der Waals surface area contributed by atoms with E-state index in [-0.39, 0.29) is 5.57 Å². The van der Waals surface area contributed by atoms with Crippen LogP contribution in [0.15, 0.2) is 12.2 Å². The van der Waals surface area contributed by atoms with Crippen molar-refractivity contribution in [3.05, 3.63) is 12.2 Å². The van der Waals surface area contributed by atoms with Gasteiger partial charge >= 0.3 is 35.8 Å². The number of esters is 1. The minimum absolute atomic E-state index is 0.385. The van der Waals surface area contributed by atoms with Crippen molar-refractivity contribution >= 4 is 5.97 Å². The standard InChI is InChI=1S/C13H13F11O2/c1-4-7(5-26-8(25)6(2)3)9(14,15)10(16,17)11(18,19)12(20,21)13(22,23)24/h7H,2,4-5H2,1,3H3. The number of halogens is 11. The average molecular weight is 410 g/mol. The second kappa shape index (κ2) is 7.22. The molecule has 0 saturated carbocycles. The number of rotatable bonds is 8. The zero-order chi connectivity index (χ0) is 21.4. The van der Waals surface area contributed by atoms with Crippen molar-refractivity contribution in [1.29, 1.82) is 0 Å². The van der Waals surface area contributed by atoms with E-state index in [1.165, 1.54) is 0 Å². The first-order valence-corrected chi connectivity index (χ1v) is 6.69. The van der Waals surface area contributed by atoms with Crippen LogP contribution in [0.1, 0.15) is 20.3 Å². The quantitative estimate of drug-likeness (QED) is 0.311. The highest BCUT2D eigenvalue weighted by atomic mass is 19.4. The first kappa shape index (κ1) is 24.4. The average Bonchev–Trinajstić information content (AvgIpc) is 2.45. The first-order chi connectivity index (χ1) is 11.3. The van der Waals surface area contributed by atoms with Crippen molar-refractivity contribution in [3.8, 4) is 0 Å². The number of carbonyl (C=O) groups excluding carboxylic acids is 1. The Morgan fingerprint density at radius 1 is 0.885 bits per heavy atom. The molecular formula is C13H13F11O2. The summed E-state index contributed by atoms with van der Waals surface area (Å²) in [5.74, 6) is -32.5. The van der Waals surface area contributed by atoms with Gasteiger partial charge in [-0.15, -0.1) is 0 Å². The Balaban J connectivity index is 5.90. The lowest BCUT2D eigenvalue weighted by atomic mass is 9.88. The van der Waals surface area contributed by atoms with Crippen LogP contribution in [0.5, 0.6) is 0 Å². The second-order valence-electron chi connectivity index (χ2n) is 5.33. The molecule has 0 amide bonds. The van der Waals surface area contributed by atoms with Crippen molar-refractivity contribution in [2.24, 2.45) is 5.92 Å². The molecule has 2 nitrogen and oxygen atoms in total. The van der Waals surface area contributed by atoms with Crippen molar-refractivity contribution in [3.63, 3.8) is 0 Å². The van der Waals surface area contributed by atoms with Crippen molar-refractivity contribution in [2.45, 2.75) is 50.1 Å². The Morgan fingerprint density at radius 3 is 1.62 bits per heavy atom. The molecule has 0 aliphatic heterocycles. The van der Waals surface area contributed by atoms with Crippen molar-refractivity contribution in [2.75, 3.05) is 6.61 Å². The summed E-state index contributed by atoms with van der Waals surface area (Å²) in [5.41, 5.74) is -0.385. The molecule has 0 bridgehead atoms. The topological polar surface area (TPSA) is 26.3 Å². The van der Waals surface area contributed by atoms with E-state index in [1.54, 1.807) is 0 Å². The smallest absolute Gasteiger partial charge is 0.460 e. The summed E-state index contributed by atoms with van der Waals surface area (Å²) in [7, 11) is 0. The molecule has 1 unspecified atom stereocenters. The molecule has 0 fully saturated rings. The summed E-state index contributed by atoms with van der Waals surface area (Å²) < 4.78 is 146. The SMILES string of the molecule is C=C(C)C(=O)OCC(CC)C(F)(F)C(F)(F)C(F)(F)C(F)(F)C(F)(F)F. The number of hydrogen-bond donors (Lipinski definition) is 0. The second-order valence-corrected chi connectivity index (χ2v) is 5.33. The minimum atomic E-state index is -7.48. The summed E-state index contributed by atoms with van der Waals surface area (Å²) in [6.45, 7) is 3.12. The van der Waals surface area contributed by atoms with Crippen LogP contribution in [0.25, 0.3) is 0 Å². The van der Waals surface area contributed by atoms with Gasteiger partial charge in [0, 0.05) is 5.57 Å². The van der Waals surface area contributed by atoms with E-state index >= 15 is 0 Å². The maximum Gasteiger partial charge on any atom is 0.460 e. The molecule has 0 spiro atoms. The Labute approximate surface area is 140 Å². The van der Waals surface area contributed by atoms with Gasteiger partial charge in [-0.1, -0.05) is 13.5 Å². The van der Waals surface area contributed by atoms with Gasteiger partial charge in [0.15, 0.2) is 0 Å². The van der Waals surface area contributed by atoms with Gasteiger partial charge in [-0.05, 0) is 13.3 Å². The first-order valence-electron chi connectivity index (χ1n) is 6.69. The molecule has 0 aromatic rings. The van der Waals surface area contributed by atoms with Gasteiger partial charge in [-0.25, -0.2) is 4.79 Å². The molecular weight excluding hydrogens is 397 g/mol. The number of hydrogen-bond acceptors (Lipinski definition) is 2. The highest BCUT2D eigenvalue weighted by Gasteiger charge is 2.87. The predicted molar refractivity (Wildman–Crippen MR) is 65.4 cm³/mol. The van der Waals surface area contributed by atoms with Crippen LogP contribution in [-0.2, 0) is 9.53 Å². The Bertz CT molecular complexity index is 537. The summed E-state index contributed by atoms with van der Waals surface area (Å²) in [4.78, 5) is 11.1. The molecule has 0 aliphatic carbocycles. The fourth-order valence-electron chi connectivity index (χ4n) is 1.62. The third-order valence-electron chi connectivity index (χ3n) is 3.33. The fourth-order valence-corrected chi connectivity index (χ4v) is 1.62. The molecule has 0 radical (unpaired) electrons. The van der Waals surface area contributed by atoms with Crippen LogP contribution in [-0.4, -0.2) is 42.4 Å². The van der Waals surface area contributed by atoms with Gasteiger partial charge in [0.2, 0.25) is 0 Å². The van der Waals surface area contributed by atoms with E-state index in [4.69, 9.17) is 0 Å². The minimum Gasteiger partial charge on any atom is -0.462 e. The maximum atomic E-state index is 13.8. The van der Waals surface area contributed by atoms with Gasteiger partial charge in [-0.2, -0.15) is 48.3 Å². The molecule has 154 valence electrons. The van der Waals surface area contributed by atoms with E-state index in [0.717, 1.165) is 13.8 Å². The third-order valence-corrected chi connectivity index (χ3v) is 3.33. The van der Waals surface area contributed by atoms with Gasteiger partial charge in [0.05, 0.1) is 5.92 Å². The molecule has 26 heavy (non-hydrogen) atoms. The largest absolute Gasteiger partial charge is 0.462 e. The highest BCUT2D eigenvalue weighted by Crippen LogP contribution is 2.59. The van der Waals surface area contributed by atoms with E-state index in [2.05, 4.69) is 11.3 Å². The number of ether oxygens (including phenoxy) is 1. The number of alkyl halides is 11. The Morgan fingerprint density at radius 2 is 1.31 bits per heavy atom. The third kappa shape index (κ3) is 3.90. The Kier molecular flexibility index (Phi) is 6.78. The Hall–Kier alpha value is -1.56. The lowest BCUT2D eigenvalue weighted by molar-refractivity contribution is -0.427. The lowest BCUT2D eigenvalue weighted by Crippen LogP contribution is -2.68. The van der Waals surface area contributed by atoms with Gasteiger partial charge in [-0.3, -0.25) is 0 Å². The predicted octanol–water partition coefficient (Wildman–Crippen LogP) is 5.24. The van der Waals surface area contributed by atoms with Crippen molar-refractivity contribution in [1.82, 2.24) is 0 Å². The van der Waals surface area contributed by atoms with Crippen molar-refractivity contribution < 1.29 is 57.8 Å². The van der Waals surface area contributed by atoms with Crippen LogP contribution in [0.4, 0.5) is 48.3 Å². The molecule has 1 atom stereocenters. The summed E-state index contributed by atoms with van der Waals surface area (Å²) in [6, 6.07) is 0. The summed E-state index contributed by atoms with van der Waals surface area (Å²) in [6.07, 6.45) is -8.33. The normalized spacial score (nSPS) is 15.6. The van der Waals surface area contributed by atoms with Crippen LogP contribution in [0, 0.1) is 5.92 Å². The molecule has 0 N–H and O–H groups in total. The van der Waals surface area contributed by atoms with Crippen LogP contribution in [0.2, 0.25) is 0 Å². The van der Waals surface area contributed by atoms with Crippen LogP contribution < -0.4 is 0 Å². The zero-order valence-corrected chi connectivity index (χ0v) is 13.2. The lowest BCUT2D eigenvalue weighted by Gasteiger charge is -2.39. The van der Waals surface area contributed by atoms with E-state index in [9.17, 15) is 53.1 Å². The van der Waals surface area contributed by atoms with Gasteiger partial charge in [0.1, 0.15) is 6.61 Å². The molecule has 0 rings (SSSR count).